The zero-order valence-electron chi connectivity index (χ0n) is 11.6. The molecule has 0 heterocycles. The lowest BCUT2D eigenvalue weighted by Gasteiger charge is -1.93. The summed E-state index contributed by atoms with van der Waals surface area (Å²) in [5.74, 6) is 0. The standard InChI is InChI=1S/C12H11N3.C3H7NO/c13-10-6-8-12(9-7-10)15-14-11-4-2-1-3-5-11;1-4(2)3-5/h1-9H,13H2;3H,1-2H3. The SMILES string of the molecule is CN(C)C=O.Nc1ccc(N=Nc2ccccc2)cc1. The molecule has 0 saturated heterocycles. The molecule has 0 aromatic heterocycles. The van der Waals surface area contributed by atoms with E-state index in [0.717, 1.165) is 23.5 Å². The number of anilines is 1. The van der Waals surface area contributed by atoms with Gasteiger partial charge in [-0.15, -0.1) is 0 Å². The van der Waals surface area contributed by atoms with E-state index in [1.54, 1.807) is 26.2 Å². The van der Waals surface area contributed by atoms with Gasteiger partial charge in [0.2, 0.25) is 6.41 Å². The van der Waals surface area contributed by atoms with Crippen molar-refractivity contribution in [2.24, 2.45) is 10.2 Å². The summed E-state index contributed by atoms with van der Waals surface area (Å²) < 4.78 is 0. The van der Waals surface area contributed by atoms with Crippen molar-refractivity contribution in [1.29, 1.82) is 0 Å². The summed E-state index contributed by atoms with van der Waals surface area (Å²) in [6, 6.07) is 16.9. The Kier molecular flexibility index (Phi) is 6.47. The largest absolute Gasteiger partial charge is 0.399 e. The molecule has 0 unspecified atom stereocenters. The van der Waals surface area contributed by atoms with Crippen molar-refractivity contribution in [3.05, 3.63) is 54.6 Å². The van der Waals surface area contributed by atoms with Gasteiger partial charge in [-0.3, -0.25) is 4.79 Å². The summed E-state index contributed by atoms with van der Waals surface area (Å²) in [4.78, 5) is 10.9. The highest BCUT2D eigenvalue weighted by Gasteiger charge is 1.89. The van der Waals surface area contributed by atoms with Crippen LogP contribution in [-0.2, 0) is 4.79 Å². The van der Waals surface area contributed by atoms with E-state index in [9.17, 15) is 4.79 Å². The third-order valence-corrected chi connectivity index (χ3v) is 2.14. The summed E-state index contributed by atoms with van der Waals surface area (Å²) >= 11 is 0. The van der Waals surface area contributed by atoms with E-state index in [-0.39, 0.29) is 0 Å². The molecule has 0 spiro atoms. The smallest absolute Gasteiger partial charge is 0.209 e. The highest BCUT2D eigenvalue weighted by atomic mass is 16.1. The van der Waals surface area contributed by atoms with Crippen LogP contribution >= 0.6 is 0 Å². The lowest BCUT2D eigenvalue weighted by Crippen LogP contribution is -2.06. The fourth-order valence-corrected chi connectivity index (χ4v) is 1.15. The molecule has 0 bridgehead atoms. The lowest BCUT2D eigenvalue weighted by atomic mass is 10.3. The van der Waals surface area contributed by atoms with Crippen molar-refractivity contribution < 1.29 is 4.79 Å². The maximum Gasteiger partial charge on any atom is 0.209 e. The predicted molar refractivity (Wildman–Crippen MR) is 81.2 cm³/mol. The Labute approximate surface area is 118 Å². The van der Waals surface area contributed by atoms with Crippen LogP contribution in [0.25, 0.3) is 0 Å². The molecule has 20 heavy (non-hydrogen) atoms. The second kappa shape index (κ2) is 8.42. The van der Waals surface area contributed by atoms with Gasteiger partial charge in [0.25, 0.3) is 0 Å². The second-order valence-electron chi connectivity index (χ2n) is 4.20. The van der Waals surface area contributed by atoms with Crippen molar-refractivity contribution in [1.82, 2.24) is 4.90 Å². The molecule has 0 atom stereocenters. The van der Waals surface area contributed by atoms with Gasteiger partial charge >= 0.3 is 0 Å². The van der Waals surface area contributed by atoms with Crippen molar-refractivity contribution in [2.45, 2.75) is 0 Å². The fraction of sp³-hybridized carbons (Fsp3) is 0.133. The first kappa shape index (κ1) is 15.4. The van der Waals surface area contributed by atoms with Gasteiger partial charge in [0, 0.05) is 19.8 Å². The lowest BCUT2D eigenvalue weighted by molar-refractivity contribution is -0.115. The number of hydrogen-bond acceptors (Lipinski definition) is 4. The molecule has 2 aromatic carbocycles. The first-order valence-corrected chi connectivity index (χ1v) is 6.06. The third kappa shape index (κ3) is 6.30. The van der Waals surface area contributed by atoms with E-state index in [1.807, 2.05) is 42.5 Å². The van der Waals surface area contributed by atoms with Gasteiger partial charge in [0.15, 0.2) is 0 Å². The molecular weight excluding hydrogens is 252 g/mol. The molecule has 0 aliphatic heterocycles. The summed E-state index contributed by atoms with van der Waals surface area (Å²) in [5.41, 5.74) is 7.93. The number of nitrogens with zero attached hydrogens (tertiary/aromatic N) is 3. The number of nitrogen functional groups attached to an aromatic ring is 1. The molecule has 0 saturated carbocycles. The van der Waals surface area contributed by atoms with Crippen LogP contribution < -0.4 is 5.73 Å². The maximum atomic E-state index is 9.43. The minimum atomic E-state index is 0.730. The van der Waals surface area contributed by atoms with Crippen LogP contribution in [0, 0.1) is 0 Å². The minimum Gasteiger partial charge on any atom is -0.399 e. The monoisotopic (exact) mass is 270 g/mol. The first-order valence-electron chi connectivity index (χ1n) is 6.06. The van der Waals surface area contributed by atoms with Crippen molar-refractivity contribution >= 4 is 23.5 Å². The van der Waals surface area contributed by atoms with Gasteiger partial charge in [-0.1, -0.05) is 18.2 Å². The third-order valence-electron chi connectivity index (χ3n) is 2.14. The zero-order chi connectivity index (χ0) is 14.8. The number of nitrogens with two attached hydrogens (primary N) is 1. The predicted octanol–water partition coefficient (Wildman–Crippen LogP) is 3.39. The van der Waals surface area contributed by atoms with Crippen LogP contribution in [0.15, 0.2) is 64.8 Å². The Morgan fingerprint density at radius 1 is 0.900 bits per heavy atom. The molecule has 0 aliphatic rings. The molecule has 0 fully saturated rings. The number of hydrogen-bond donors (Lipinski definition) is 1. The Balaban J connectivity index is 0.000000347. The van der Waals surface area contributed by atoms with E-state index in [2.05, 4.69) is 10.2 Å². The van der Waals surface area contributed by atoms with Gasteiger partial charge in [0.05, 0.1) is 11.4 Å². The quantitative estimate of drug-likeness (QED) is 0.527. The van der Waals surface area contributed by atoms with Gasteiger partial charge in [-0.25, -0.2) is 0 Å². The van der Waals surface area contributed by atoms with Crippen LogP contribution in [-0.4, -0.2) is 25.4 Å². The molecule has 104 valence electrons. The molecule has 5 heteroatoms. The molecule has 0 radical (unpaired) electrons. The highest BCUT2D eigenvalue weighted by molar-refractivity contribution is 5.48. The van der Waals surface area contributed by atoms with E-state index in [1.165, 1.54) is 4.90 Å². The molecule has 2 aromatic rings. The van der Waals surface area contributed by atoms with Crippen molar-refractivity contribution in [3.8, 4) is 0 Å². The molecule has 2 N–H and O–H groups in total. The van der Waals surface area contributed by atoms with Crippen LogP contribution in [0.4, 0.5) is 17.1 Å². The number of carbonyl (C=O) groups excluding carboxylic acids is 1. The number of benzene rings is 2. The summed E-state index contributed by atoms with van der Waals surface area (Å²) in [5, 5.41) is 8.18. The highest BCUT2D eigenvalue weighted by Crippen LogP contribution is 2.18. The summed E-state index contributed by atoms with van der Waals surface area (Å²) in [6.07, 6.45) is 0.750. The van der Waals surface area contributed by atoms with Gasteiger partial charge in [-0.05, 0) is 36.4 Å². The van der Waals surface area contributed by atoms with E-state index >= 15 is 0 Å². The molecule has 0 aliphatic carbocycles. The van der Waals surface area contributed by atoms with E-state index in [0.29, 0.717) is 0 Å². The van der Waals surface area contributed by atoms with Crippen LogP contribution in [0.5, 0.6) is 0 Å². The van der Waals surface area contributed by atoms with E-state index in [4.69, 9.17) is 5.73 Å². The first-order chi connectivity index (χ1) is 9.61. The van der Waals surface area contributed by atoms with Crippen molar-refractivity contribution in [2.75, 3.05) is 19.8 Å². The topological polar surface area (TPSA) is 71.0 Å². The normalized spacial score (nSPS) is 9.70. The average molecular weight is 270 g/mol. The van der Waals surface area contributed by atoms with Gasteiger partial charge < -0.3 is 10.6 Å². The maximum absolute atomic E-state index is 9.43. The number of rotatable bonds is 3. The van der Waals surface area contributed by atoms with Gasteiger partial charge in [-0.2, -0.15) is 10.2 Å². The summed E-state index contributed by atoms with van der Waals surface area (Å²) in [7, 11) is 3.38. The van der Waals surface area contributed by atoms with Crippen molar-refractivity contribution in [3.63, 3.8) is 0 Å². The Bertz CT molecular complexity index is 536. The summed E-state index contributed by atoms with van der Waals surface area (Å²) in [6.45, 7) is 0. The fourth-order valence-electron chi connectivity index (χ4n) is 1.15. The van der Waals surface area contributed by atoms with Crippen LogP contribution in [0.2, 0.25) is 0 Å². The van der Waals surface area contributed by atoms with Crippen LogP contribution in [0.3, 0.4) is 0 Å². The number of amides is 1. The van der Waals surface area contributed by atoms with Gasteiger partial charge in [0.1, 0.15) is 0 Å². The number of carbonyl (C=O) groups is 1. The molecule has 2 rings (SSSR count). The molecule has 5 nitrogen and oxygen atoms in total. The van der Waals surface area contributed by atoms with E-state index < -0.39 is 0 Å². The molecular formula is C15H18N4O. The Hall–Kier alpha value is -2.69. The minimum absolute atomic E-state index is 0.730. The second-order valence-corrected chi connectivity index (χ2v) is 4.20. The Morgan fingerprint density at radius 2 is 1.35 bits per heavy atom. The Morgan fingerprint density at radius 3 is 1.80 bits per heavy atom. The average Bonchev–Trinajstić information content (AvgIpc) is 2.48. The molecule has 1 amide bonds. The number of azo groups is 1. The van der Waals surface area contributed by atoms with Crippen LogP contribution in [0.1, 0.15) is 0 Å². The zero-order valence-corrected chi connectivity index (χ0v) is 11.6.